The SMILES string of the molecule is CCOc1nc(-c2ccccc2C)n(-c2ccc(NC(=O)C(c3ccccc3)c3ccccc3)cc2)n1. The van der Waals surface area contributed by atoms with E-state index in [-0.39, 0.29) is 5.91 Å². The van der Waals surface area contributed by atoms with E-state index in [9.17, 15) is 4.79 Å². The molecule has 0 aliphatic heterocycles. The van der Waals surface area contributed by atoms with Gasteiger partial charge in [-0.15, -0.1) is 5.10 Å². The van der Waals surface area contributed by atoms with Gasteiger partial charge in [-0.2, -0.15) is 4.98 Å². The van der Waals surface area contributed by atoms with E-state index < -0.39 is 5.92 Å². The van der Waals surface area contributed by atoms with Crippen LogP contribution in [0.1, 0.15) is 29.5 Å². The van der Waals surface area contributed by atoms with Crippen LogP contribution in [0.2, 0.25) is 0 Å². The van der Waals surface area contributed by atoms with Crippen LogP contribution < -0.4 is 10.1 Å². The topological polar surface area (TPSA) is 69.0 Å². The molecule has 0 unspecified atom stereocenters. The number of aromatic nitrogens is 3. The van der Waals surface area contributed by atoms with E-state index in [0.717, 1.165) is 27.9 Å². The van der Waals surface area contributed by atoms with Crippen molar-refractivity contribution in [1.82, 2.24) is 14.8 Å². The van der Waals surface area contributed by atoms with Crippen LogP contribution in [-0.4, -0.2) is 27.3 Å². The van der Waals surface area contributed by atoms with Crippen molar-refractivity contribution in [2.24, 2.45) is 0 Å². The number of nitrogens with one attached hydrogen (secondary N) is 1. The highest BCUT2D eigenvalue weighted by atomic mass is 16.5. The molecule has 1 amide bonds. The normalized spacial score (nSPS) is 10.9. The zero-order valence-corrected chi connectivity index (χ0v) is 20.8. The van der Waals surface area contributed by atoms with Crippen LogP contribution in [-0.2, 0) is 4.79 Å². The van der Waals surface area contributed by atoms with Gasteiger partial charge in [0.25, 0.3) is 0 Å². The summed E-state index contributed by atoms with van der Waals surface area (Å²) < 4.78 is 7.37. The Hall–Kier alpha value is -4.71. The predicted molar refractivity (Wildman–Crippen MR) is 146 cm³/mol. The van der Waals surface area contributed by atoms with Crippen molar-refractivity contribution < 1.29 is 9.53 Å². The first-order chi connectivity index (χ1) is 18.1. The predicted octanol–water partition coefficient (Wildman–Crippen LogP) is 6.41. The molecular formula is C31H28N4O2. The third-order valence-electron chi connectivity index (χ3n) is 6.15. The molecule has 4 aromatic carbocycles. The lowest BCUT2D eigenvalue weighted by Gasteiger charge is -2.18. The summed E-state index contributed by atoms with van der Waals surface area (Å²) >= 11 is 0. The molecule has 0 fully saturated rings. The summed E-state index contributed by atoms with van der Waals surface area (Å²) in [5, 5.41) is 7.67. The van der Waals surface area contributed by atoms with Crippen LogP contribution in [0.5, 0.6) is 6.01 Å². The lowest BCUT2D eigenvalue weighted by atomic mass is 9.90. The van der Waals surface area contributed by atoms with Gasteiger partial charge in [0.2, 0.25) is 5.91 Å². The molecule has 0 aliphatic carbocycles. The van der Waals surface area contributed by atoms with Gasteiger partial charge in [0.15, 0.2) is 5.82 Å². The molecule has 6 nitrogen and oxygen atoms in total. The Kier molecular flexibility index (Phi) is 7.08. The van der Waals surface area contributed by atoms with Crippen LogP contribution in [0.15, 0.2) is 109 Å². The lowest BCUT2D eigenvalue weighted by molar-refractivity contribution is -0.116. The molecule has 6 heteroatoms. The highest BCUT2D eigenvalue weighted by molar-refractivity contribution is 5.98. The number of carbonyl (C=O) groups excluding carboxylic acids is 1. The maximum atomic E-state index is 13.5. The maximum absolute atomic E-state index is 13.5. The molecule has 0 aliphatic rings. The van der Waals surface area contributed by atoms with Crippen LogP contribution in [0.3, 0.4) is 0 Å². The smallest absolute Gasteiger partial charge is 0.336 e. The van der Waals surface area contributed by atoms with Gasteiger partial charge in [-0.25, -0.2) is 4.68 Å². The molecule has 1 N–H and O–H groups in total. The second-order valence-electron chi connectivity index (χ2n) is 8.67. The maximum Gasteiger partial charge on any atom is 0.336 e. The van der Waals surface area contributed by atoms with E-state index in [4.69, 9.17) is 4.74 Å². The molecule has 5 rings (SSSR count). The summed E-state index contributed by atoms with van der Waals surface area (Å²) in [6, 6.07) is 35.6. The molecule has 184 valence electrons. The van der Waals surface area contributed by atoms with Gasteiger partial charge in [-0.1, -0.05) is 84.9 Å². The number of amides is 1. The standard InChI is InChI=1S/C31H28N4O2/c1-3-37-31-33-29(27-17-11-10-12-22(27)2)35(34-31)26-20-18-25(19-21-26)32-30(36)28(23-13-6-4-7-14-23)24-15-8-5-9-16-24/h4-21,28H,3H2,1-2H3,(H,32,36). The first-order valence-electron chi connectivity index (χ1n) is 12.3. The molecule has 1 aromatic heterocycles. The second-order valence-corrected chi connectivity index (χ2v) is 8.67. The first-order valence-corrected chi connectivity index (χ1v) is 12.3. The zero-order chi connectivity index (χ0) is 25.6. The van der Waals surface area contributed by atoms with Gasteiger partial charge in [0.05, 0.1) is 18.2 Å². The molecule has 0 saturated heterocycles. The fourth-order valence-corrected chi connectivity index (χ4v) is 4.35. The molecule has 0 spiro atoms. The number of rotatable bonds is 8. The summed E-state index contributed by atoms with van der Waals surface area (Å²) in [5.41, 5.74) is 5.47. The van der Waals surface area contributed by atoms with E-state index in [2.05, 4.69) is 15.4 Å². The van der Waals surface area contributed by atoms with Gasteiger partial charge in [0, 0.05) is 11.3 Å². The van der Waals surface area contributed by atoms with E-state index in [0.29, 0.717) is 24.1 Å². The average molecular weight is 489 g/mol. The quantitative estimate of drug-likeness (QED) is 0.274. The Bertz CT molecular complexity index is 1440. The lowest BCUT2D eigenvalue weighted by Crippen LogP contribution is -2.22. The van der Waals surface area contributed by atoms with Crippen molar-refractivity contribution in [3.63, 3.8) is 0 Å². The summed E-state index contributed by atoms with van der Waals surface area (Å²) in [7, 11) is 0. The van der Waals surface area contributed by atoms with Crippen LogP contribution in [0.4, 0.5) is 5.69 Å². The highest BCUT2D eigenvalue weighted by Gasteiger charge is 2.23. The van der Waals surface area contributed by atoms with Gasteiger partial charge in [0.1, 0.15) is 0 Å². The molecule has 37 heavy (non-hydrogen) atoms. The average Bonchev–Trinajstić information content (AvgIpc) is 3.34. The molecule has 0 saturated carbocycles. The van der Waals surface area contributed by atoms with Crippen LogP contribution >= 0.6 is 0 Å². The van der Waals surface area contributed by atoms with E-state index >= 15 is 0 Å². The molecule has 0 atom stereocenters. The minimum absolute atomic E-state index is 0.0925. The van der Waals surface area contributed by atoms with Gasteiger partial charge >= 0.3 is 6.01 Å². The summed E-state index contributed by atoms with van der Waals surface area (Å²) in [4.78, 5) is 18.1. The van der Waals surface area contributed by atoms with Crippen molar-refractivity contribution in [1.29, 1.82) is 0 Å². The number of hydrogen-bond acceptors (Lipinski definition) is 4. The minimum atomic E-state index is -0.418. The second kappa shape index (κ2) is 10.9. The van der Waals surface area contributed by atoms with Crippen molar-refractivity contribution in [3.05, 3.63) is 126 Å². The molecular weight excluding hydrogens is 460 g/mol. The van der Waals surface area contributed by atoms with Crippen molar-refractivity contribution in [3.8, 4) is 23.1 Å². The van der Waals surface area contributed by atoms with Crippen molar-refractivity contribution in [2.45, 2.75) is 19.8 Å². The highest BCUT2D eigenvalue weighted by Crippen LogP contribution is 2.29. The molecule has 1 heterocycles. The fourth-order valence-electron chi connectivity index (χ4n) is 4.35. The first kappa shape index (κ1) is 24.0. The number of carbonyl (C=O) groups is 1. The number of ether oxygens (including phenoxy) is 1. The summed E-state index contributed by atoms with van der Waals surface area (Å²) in [5.74, 6) is 0.190. The zero-order valence-electron chi connectivity index (χ0n) is 20.8. The monoisotopic (exact) mass is 488 g/mol. The van der Waals surface area contributed by atoms with Gasteiger partial charge < -0.3 is 10.1 Å². The molecule has 5 aromatic rings. The Morgan fingerprint density at radius 2 is 1.43 bits per heavy atom. The Balaban J connectivity index is 1.43. The van der Waals surface area contributed by atoms with E-state index in [1.165, 1.54) is 0 Å². The van der Waals surface area contributed by atoms with E-state index in [1.807, 2.05) is 123 Å². The van der Waals surface area contributed by atoms with Crippen LogP contribution in [0, 0.1) is 6.92 Å². The third-order valence-corrected chi connectivity index (χ3v) is 6.15. The van der Waals surface area contributed by atoms with Gasteiger partial charge in [-0.3, -0.25) is 4.79 Å². The third kappa shape index (κ3) is 5.28. The Morgan fingerprint density at radius 3 is 2.03 bits per heavy atom. The summed E-state index contributed by atoms with van der Waals surface area (Å²) in [6.45, 7) is 4.43. The Morgan fingerprint density at radius 1 is 0.838 bits per heavy atom. The number of benzene rings is 4. The molecule has 0 radical (unpaired) electrons. The number of aryl methyl sites for hydroxylation is 1. The largest absolute Gasteiger partial charge is 0.463 e. The summed E-state index contributed by atoms with van der Waals surface area (Å²) in [6.07, 6.45) is 0. The van der Waals surface area contributed by atoms with E-state index in [1.54, 1.807) is 4.68 Å². The van der Waals surface area contributed by atoms with Crippen LogP contribution in [0.25, 0.3) is 17.1 Å². The number of hydrogen-bond donors (Lipinski definition) is 1. The number of anilines is 1. The molecule has 0 bridgehead atoms. The minimum Gasteiger partial charge on any atom is -0.463 e. The fraction of sp³-hybridized carbons (Fsp3) is 0.129. The van der Waals surface area contributed by atoms with Gasteiger partial charge in [-0.05, 0) is 54.8 Å². The van der Waals surface area contributed by atoms with Crippen molar-refractivity contribution >= 4 is 11.6 Å². The number of nitrogens with zero attached hydrogens (tertiary/aromatic N) is 3. The Labute approximate surface area is 216 Å². The van der Waals surface area contributed by atoms with Crippen molar-refractivity contribution in [2.75, 3.05) is 11.9 Å².